The van der Waals surface area contributed by atoms with E-state index >= 15 is 0 Å². The molecule has 0 bridgehead atoms. The summed E-state index contributed by atoms with van der Waals surface area (Å²) >= 11 is 0. The van der Waals surface area contributed by atoms with Crippen LogP contribution in [0.25, 0.3) is 4.98 Å². The van der Waals surface area contributed by atoms with E-state index in [1.165, 1.54) is 0 Å². The van der Waals surface area contributed by atoms with Crippen LogP contribution in [0.4, 0.5) is 0 Å². The first kappa shape index (κ1) is 17.5. The first-order valence-electron chi connectivity index (χ1n) is 6.66. The van der Waals surface area contributed by atoms with E-state index in [4.69, 9.17) is 14.6 Å². The largest absolute Gasteiger partial charge is 0.544 e. The molecule has 0 heterocycles. The molecule has 0 aromatic heterocycles. The third-order valence-electron chi connectivity index (χ3n) is 3.35. The summed E-state index contributed by atoms with van der Waals surface area (Å²) in [5.74, 6) is 0.330. The van der Waals surface area contributed by atoms with Gasteiger partial charge in [-0.2, -0.15) is 0 Å². The lowest BCUT2D eigenvalue weighted by Crippen LogP contribution is -2.36. The standard InChI is InChI=1S/C13H24N2O3Si/c1-6-19(7-2,8-3)18-12(11(4)5)10-17-13(16)9-15-14/h9H,6-8,10H2,1-5H3/p+1/b13-9+. The Morgan fingerprint density at radius 2 is 1.74 bits per heavy atom. The van der Waals surface area contributed by atoms with Gasteiger partial charge in [0.1, 0.15) is 12.4 Å². The number of diazo groups is 1. The minimum Gasteiger partial charge on any atom is -0.544 e. The van der Waals surface area contributed by atoms with Crippen LogP contribution in [0.1, 0.15) is 34.6 Å². The highest BCUT2D eigenvalue weighted by Crippen LogP contribution is 2.26. The van der Waals surface area contributed by atoms with Gasteiger partial charge in [-0.15, -0.1) is 0 Å². The van der Waals surface area contributed by atoms with Gasteiger partial charge >= 0.3 is 12.1 Å². The van der Waals surface area contributed by atoms with Gasteiger partial charge in [-0.1, -0.05) is 20.8 Å². The van der Waals surface area contributed by atoms with Crippen molar-refractivity contribution in [3.63, 3.8) is 0 Å². The molecule has 0 aliphatic heterocycles. The van der Waals surface area contributed by atoms with Crippen molar-refractivity contribution in [1.82, 2.24) is 0 Å². The molecule has 1 N–H and O–H groups in total. The van der Waals surface area contributed by atoms with Crippen LogP contribution >= 0.6 is 0 Å². The first-order valence-corrected chi connectivity index (χ1v) is 9.19. The zero-order valence-electron chi connectivity index (χ0n) is 12.6. The molecule has 0 spiro atoms. The molecule has 0 amide bonds. The van der Waals surface area contributed by atoms with Crippen molar-refractivity contribution in [2.24, 2.45) is 0 Å². The van der Waals surface area contributed by atoms with E-state index in [0.29, 0.717) is 0 Å². The first-order chi connectivity index (χ1) is 8.94. The van der Waals surface area contributed by atoms with E-state index in [2.05, 4.69) is 25.7 Å². The Balaban J connectivity index is 4.84. The van der Waals surface area contributed by atoms with Gasteiger partial charge in [0.2, 0.25) is 13.7 Å². The topological polar surface area (TPSA) is 66.8 Å². The van der Waals surface area contributed by atoms with Crippen LogP contribution in [0.15, 0.2) is 23.5 Å². The van der Waals surface area contributed by atoms with Gasteiger partial charge in [0.05, 0.1) is 0 Å². The molecule has 108 valence electrons. The Hall–Kier alpha value is -1.48. The van der Waals surface area contributed by atoms with Gasteiger partial charge in [-0.3, -0.25) is 0 Å². The smallest absolute Gasteiger partial charge is 0.429 e. The number of nitrogens with zero attached hydrogens (tertiary/aromatic N) is 2. The van der Waals surface area contributed by atoms with Gasteiger partial charge in [0.15, 0.2) is 4.98 Å². The molecule has 0 aromatic carbocycles. The Kier molecular flexibility index (Phi) is 7.92. The molecule has 0 aromatic rings. The highest BCUT2D eigenvalue weighted by Gasteiger charge is 2.31. The summed E-state index contributed by atoms with van der Waals surface area (Å²) in [4.78, 5) is 2.70. The molecule has 0 saturated heterocycles. The van der Waals surface area contributed by atoms with Gasteiger partial charge in [-0.05, 0) is 37.6 Å². The van der Waals surface area contributed by atoms with Crippen LogP contribution in [0.5, 0.6) is 0 Å². The molecule has 0 atom stereocenters. The lowest BCUT2D eigenvalue weighted by Gasteiger charge is -2.31. The monoisotopic (exact) mass is 285 g/mol. The maximum absolute atomic E-state index is 9.27. The van der Waals surface area contributed by atoms with Gasteiger partial charge < -0.3 is 14.3 Å². The van der Waals surface area contributed by atoms with Gasteiger partial charge in [0.25, 0.3) is 0 Å². The Labute approximate surface area is 116 Å². The maximum Gasteiger partial charge on any atom is 0.429 e. The van der Waals surface area contributed by atoms with Crippen LogP contribution in [-0.4, -0.2) is 20.0 Å². The summed E-state index contributed by atoms with van der Waals surface area (Å²) in [5.41, 5.74) is 1.03. The van der Waals surface area contributed by atoms with Crippen molar-refractivity contribution in [3.05, 3.63) is 28.5 Å². The van der Waals surface area contributed by atoms with Crippen LogP contribution in [0, 0.1) is 5.39 Å². The fraction of sp³-hybridized carbons (Fsp3) is 0.692. The van der Waals surface area contributed by atoms with E-state index in [1.807, 2.05) is 13.8 Å². The van der Waals surface area contributed by atoms with Crippen LogP contribution in [-0.2, 0) is 9.16 Å². The molecular formula is C13H25N2O3Si+. The summed E-state index contributed by atoms with van der Waals surface area (Å²) in [7, 11) is -1.75. The Morgan fingerprint density at radius 3 is 2.11 bits per heavy atom. The molecule has 0 radical (unpaired) electrons. The van der Waals surface area contributed by atoms with E-state index in [9.17, 15) is 5.11 Å². The molecule has 0 aliphatic rings. The van der Waals surface area contributed by atoms with Crippen molar-refractivity contribution in [3.8, 4) is 0 Å². The third kappa shape index (κ3) is 5.79. The molecule has 19 heavy (non-hydrogen) atoms. The zero-order chi connectivity index (χ0) is 14.9. The number of ether oxygens (including phenoxy) is 1. The molecule has 5 nitrogen and oxygen atoms in total. The second-order valence-electron chi connectivity index (χ2n) is 4.64. The fourth-order valence-corrected chi connectivity index (χ4v) is 4.45. The molecule has 0 aliphatic carbocycles. The Morgan fingerprint density at radius 1 is 1.21 bits per heavy atom. The predicted octanol–water partition coefficient (Wildman–Crippen LogP) is 4.53. The number of hydrogen-bond donors (Lipinski definition) is 1. The van der Waals surface area contributed by atoms with Crippen molar-refractivity contribution >= 4 is 8.32 Å². The molecule has 0 unspecified atom stereocenters. The zero-order valence-corrected chi connectivity index (χ0v) is 13.6. The Bertz CT molecular complexity index is 370. The number of hydrogen-bond acceptors (Lipinski definition) is 4. The highest BCUT2D eigenvalue weighted by atomic mass is 28.4. The summed E-state index contributed by atoms with van der Waals surface area (Å²) in [6.07, 6.45) is 0.840. The molecular weight excluding hydrogens is 260 g/mol. The molecule has 0 saturated carbocycles. The van der Waals surface area contributed by atoms with Crippen molar-refractivity contribution in [1.29, 1.82) is 5.39 Å². The lowest BCUT2D eigenvalue weighted by molar-refractivity contribution is 0.0914. The summed E-state index contributed by atoms with van der Waals surface area (Å²) in [6, 6.07) is 3.14. The van der Waals surface area contributed by atoms with Crippen molar-refractivity contribution in [2.75, 3.05) is 6.61 Å². The average Bonchev–Trinajstić information content (AvgIpc) is 2.40. The van der Waals surface area contributed by atoms with Gasteiger partial charge in [0, 0.05) is 0 Å². The van der Waals surface area contributed by atoms with E-state index < -0.39 is 14.3 Å². The second kappa shape index (κ2) is 8.59. The normalized spacial score (nSPS) is 11.7. The number of allylic oxidation sites excluding steroid dienone is 1. The maximum atomic E-state index is 9.27. The minimum absolute atomic E-state index is 0.148. The third-order valence-corrected chi connectivity index (χ3v) is 7.90. The van der Waals surface area contributed by atoms with Crippen LogP contribution in [0.3, 0.4) is 0 Å². The van der Waals surface area contributed by atoms with E-state index in [-0.39, 0.29) is 6.61 Å². The number of aliphatic hydroxyl groups is 1. The quantitative estimate of drug-likeness (QED) is 0.404. The van der Waals surface area contributed by atoms with Crippen molar-refractivity contribution < 1.29 is 14.3 Å². The summed E-state index contributed by atoms with van der Waals surface area (Å²) in [5, 5.41) is 17.6. The predicted molar refractivity (Wildman–Crippen MR) is 78.4 cm³/mol. The van der Waals surface area contributed by atoms with Gasteiger partial charge in [-0.25, -0.2) is 0 Å². The number of rotatable bonds is 8. The van der Waals surface area contributed by atoms with Crippen molar-refractivity contribution in [2.45, 2.75) is 52.8 Å². The van der Waals surface area contributed by atoms with Crippen LogP contribution < -0.4 is 0 Å². The summed E-state index contributed by atoms with van der Waals surface area (Å²) < 4.78 is 11.3. The van der Waals surface area contributed by atoms with Crippen LogP contribution in [0.2, 0.25) is 18.1 Å². The fourth-order valence-electron chi connectivity index (χ4n) is 1.73. The SMILES string of the molecule is CC[Si](CC)(CC)OC(CO/C(O)=C/[N+]#N)=C(C)C. The minimum atomic E-state index is -1.75. The average molecular weight is 285 g/mol. The second-order valence-corrected chi connectivity index (χ2v) is 9.33. The molecule has 0 rings (SSSR count). The molecule has 6 heteroatoms. The highest BCUT2D eigenvalue weighted by molar-refractivity contribution is 6.73. The van der Waals surface area contributed by atoms with E-state index in [1.54, 1.807) is 0 Å². The van der Waals surface area contributed by atoms with E-state index in [0.717, 1.165) is 35.7 Å². The lowest BCUT2D eigenvalue weighted by atomic mass is 10.3. The summed E-state index contributed by atoms with van der Waals surface area (Å²) in [6.45, 7) is 10.5. The molecule has 0 fully saturated rings. The number of aliphatic hydroxyl groups excluding tert-OH is 1.